The zero-order valence-corrected chi connectivity index (χ0v) is 16.4. The molecule has 2 amide bonds. The van der Waals surface area contributed by atoms with Crippen molar-refractivity contribution in [1.82, 2.24) is 4.90 Å². The van der Waals surface area contributed by atoms with E-state index in [4.69, 9.17) is 0 Å². The van der Waals surface area contributed by atoms with Crippen molar-refractivity contribution in [2.24, 2.45) is 0 Å². The first-order valence-electron chi connectivity index (χ1n) is 8.10. The summed E-state index contributed by atoms with van der Waals surface area (Å²) in [5, 5.41) is 2.83. The number of carbonyl (C=O) groups excluding carboxylic acids is 2. The van der Waals surface area contributed by atoms with Crippen molar-refractivity contribution >= 4 is 39.1 Å². The molecule has 1 atom stereocenters. The van der Waals surface area contributed by atoms with Gasteiger partial charge in [-0.25, -0.2) is 8.42 Å². The van der Waals surface area contributed by atoms with Gasteiger partial charge in [-0.05, 0) is 31.4 Å². The van der Waals surface area contributed by atoms with Crippen LogP contribution in [-0.2, 0) is 19.4 Å². The van der Waals surface area contributed by atoms with Gasteiger partial charge < -0.3 is 10.2 Å². The maximum absolute atomic E-state index is 12.2. The third kappa shape index (κ3) is 5.74. The summed E-state index contributed by atoms with van der Waals surface area (Å²) in [5.74, 6) is 0.106. The van der Waals surface area contributed by atoms with Crippen LogP contribution in [0.25, 0.3) is 0 Å². The highest BCUT2D eigenvalue weighted by Gasteiger charge is 2.29. The molecule has 0 spiro atoms. The van der Waals surface area contributed by atoms with Crippen LogP contribution in [0, 0.1) is 13.8 Å². The molecule has 1 heterocycles. The molecule has 0 bridgehead atoms. The van der Waals surface area contributed by atoms with Crippen molar-refractivity contribution in [3.8, 4) is 0 Å². The third-order valence-electron chi connectivity index (χ3n) is 4.19. The number of anilines is 1. The number of para-hydroxylation sites is 1. The van der Waals surface area contributed by atoms with Crippen LogP contribution in [0.3, 0.4) is 0 Å². The molecule has 0 radical (unpaired) electrons. The zero-order chi connectivity index (χ0) is 18.6. The van der Waals surface area contributed by atoms with Gasteiger partial charge in [-0.3, -0.25) is 9.59 Å². The lowest BCUT2D eigenvalue weighted by molar-refractivity contribution is -0.131. The van der Waals surface area contributed by atoms with Crippen molar-refractivity contribution in [3.05, 3.63) is 29.3 Å². The smallest absolute Gasteiger partial charge is 0.243 e. The number of sulfone groups is 1. The maximum Gasteiger partial charge on any atom is 0.243 e. The van der Waals surface area contributed by atoms with Crippen molar-refractivity contribution in [2.45, 2.75) is 25.5 Å². The van der Waals surface area contributed by atoms with Gasteiger partial charge in [0.25, 0.3) is 0 Å². The summed E-state index contributed by atoms with van der Waals surface area (Å²) in [6.45, 7) is 3.81. The lowest BCUT2D eigenvalue weighted by Gasteiger charge is -2.18. The van der Waals surface area contributed by atoms with E-state index in [0.717, 1.165) is 16.8 Å². The predicted octanol–water partition coefficient (Wildman–Crippen LogP) is 1.62. The van der Waals surface area contributed by atoms with E-state index in [1.165, 1.54) is 16.7 Å². The van der Waals surface area contributed by atoms with E-state index in [-0.39, 0.29) is 40.9 Å². The zero-order valence-electron chi connectivity index (χ0n) is 14.7. The molecule has 1 aromatic rings. The SMILES string of the molecule is Cc1cccc(C)c1NC(=O)CN(C)C(=O)CS[C@@H]1CCS(=O)(=O)C1. The molecular formula is C17H24N2O4S2. The van der Waals surface area contributed by atoms with Crippen molar-refractivity contribution in [3.63, 3.8) is 0 Å². The molecule has 138 valence electrons. The second-order valence-corrected chi connectivity index (χ2v) is 9.92. The van der Waals surface area contributed by atoms with E-state index in [1.807, 2.05) is 32.0 Å². The van der Waals surface area contributed by atoms with Crippen LogP contribution in [-0.4, -0.2) is 61.2 Å². The minimum Gasteiger partial charge on any atom is -0.336 e. The Kier molecular flexibility index (Phi) is 6.51. The summed E-state index contributed by atoms with van der Waals surface area (Å²) in [7, 11) is -1.35. The Morgan fingerprint density at radius 2 is 1.92 bits per heavy atom. The average Bonchev–Trinajstić information content (AvgIpc) is 2.88. The number of thioether (sulfide) groups is 1. The molecule has 0 unspecified atom stereocenters. The van der Waals surface area contributed by atoms with E-state index >= 15 is 0 Å². The lowest BCUT2D eigenvalue weighted by atomic mass is 10.1. The molecule has 6 nitrogen and oxygen atoms in total. The first-order valence-corrected chi connectivity index (χ1v) is 11.0. The highest BCUT2D eigenvalue weighted by Crippen LogP contribution is 2.24. The van der Waals surface area contributed by atoms with Crippen LogP contribution in [0.1, 0.15) is 17.5 Å². The molecule has 8 heteroatoms. The monoisotopic (exact) mass is 384 g/mol. The van der Waals surface area contributed by atoms with Crippen molar-refractivity contribution in [1.29, 1.82) is 0 Å². The normalized spacial score (nSPS) is 18.8. The number of nitrogens with one attached hydrogen (secondary N) is 1. The van der Waals surface area contributed by atoms with E-state index < -0.39 is 9.84 Å². The summed E-state index contributed by atoms with van der Waals surface area (Å²) in [6, 6.07) is 5.77. The number of rotatable bonds is 6. The van der Waals surface area contributed by atoms with Crippen LogP contribution in [0.4, 0.5) is 5.69 Å². The Morgan fingerprint density at radius 3 is 2.48 bits per heavy atom. The fraction of sp³-hybridized carbons (Fsp3) is 0.529. The minimum atomic E-state index is -2.94. The molecule has 0 aromatic heterocycles. The second kappa shape index (κ2) is 8.23. The van der Waals surface area contributed by atoms with Gasteiger partial charge in [0.05, 0.1) is 23.8 Å². The van der Waals surface area contributed by atoms with Crippen LogP contribution >= 0.6 is 11.8 Å². The summed E-state index contributed by atoms with van der Waals surface area (Å²) in [6.07, 6.45) is 0.594. The van der Waals surface area contributed by atoms with Crippen molar-refractivity contribution in [2.75, 3.05) is 36.2 Å². The van der Waals surface area contributed by atoms with Gasteiger partial charge in [0, 0.05) is 18.0 Å². The summed E-state index contributed by atoms with van der Waals surface area (Å²) < 4.78 is 22.9. The summed E-state index contributed by atoms with van der Waals surface area (Å²) in [4.78, 5) is 25.7. The minimum absolute atomic E-state index is 0.0224. The van der Waals surface area contributed by atoms with Crippen molar-refractivity contribution < 1.29 is 18.0 Å². The standard InChI is InChI=1S/C17H24N2O4S2/c1-12-5-4-6-13(2)17(12)18-15(20)9-19(3)16(21)10-24-14-7-8-25(22,23)11-14/h4-6,14H,7-11H2,1-3H3,(H,18,20)/t14-/m1/s1. The molecule has 1 N–H and O–H groups in total. The van der Waals surface area contributed by atoms with Gasteiger partial charge in [-0.15, -0.1) is 11.8 Å². The van der Waals surface area contributed by atoms with E-state index in [2.05, 4.69) is 5.32 Å². The molecule has 0 saturated carbocycles. The van der Waals surface area contributed by atoms with E-state index in [0.29, 0.717) is 6.42 Å². The molecular weight excluding hydrogens is 360 g/mol. The quantitative estimate of drug-likeness (QED) is 0.806. The Hall–Kier alpha value is -1.54. The molecule has 1 fully saturated rings. The van der Waals surface area contributed by atoms with E-state index in [9.17, 15) is 18.0 Å². The first kappa shape index (κ1) is 19.8. The largest absolute Gasteiger partial charge is 0.336 e. The molecule has 1 aliphatic rings. The van der Waals surface area contributed by atoms with Gasteiger partial charge in [-0.1, -0.05) is 18.2 Å². The Morgan fingerprint density at radius 1 is 1.28 bits per heavy atom. The highest BCUT2D eigenvalue weighted by molar-refractivity contribution is 8.02. The third-order valence-corrected chi connectivity index (χ3v) is 7.45. The Balaban J connectivity index is 1.81. The fourth-order valence-corrected chi connectivity index (χ4v) is 6.27. The highest BCUT2D eigenvalue weighted by atomic mass is 32.2. The fourth-order valence-electron chi connectivity index (χ4n) is 2.69. The number of hydrogen-bond acceptors (Lipinski definition) is 5. The van der Waals surface area contributed by atoms with Crippen LogP contribution < -0.4 is 5.32 Å². The molecule has 0 aliphatic carbocycles. The second-order valence-electron chi connectivity index (χ2n) is 6.40. The topological polar surface area (TPSA) is 83.6 Å². The number of benzene rings is 1. The molecule has 1 aromatic carbocycles. The van der Waals surface area contributed by atoms with Gasteiger partial charge >= 0.3 is 0 Å². The average molecular weight is 385 g/mol. The van der Waals surface area contributed by atoms with Gasteiger partial charge in [0.1, 0.15) is 0 Å². The summed E-state index contributed by atoms with van der Waals surface area (Å²) in [5.41, 5.74) is 2.72. The lowest BCUT2D eigenvalue weighted by Crippen LogP contribution is -2.36. The van der Waals surface area contributed by atoms with E-state index in [1.54, 1.807) is 7.05 Å². The van der Waals surface area contributed by atoms with Gasteiger partial charge in [-0.2, -0.15) is 0 Å². The first-order chi connectivity index (χ1) is 11.7. The van der Waals surface area contributed by atoms with Crippen LogP contribution in [0.5, 0.6) is 0 Å². The molecule has 1 aliphatic heterocycles. The predicted molar refractivity (Wildman–Crippen MR) is 102 cm³/mol. The number of carbonyl (C=O) groups is 2. The molecule has 25 heavy (non-hydrogen) atoms. The Bertz CT molecular complexity index is 742. The number of likely N-dealkylation sites (N-methyl/N-ethyl adjacent to an activating group) is 1. The number of hydrogen-bond donors (Lipinski definition) is 1. The maximum atomic E-state index is 12.2. The van der Waals surface area contributed by atoms with Crippen LogP contribution in [0.15, 0.2) is 18.2 Å². The molecule has 1 saturated heterocycles. The van der Waals surface area contributed by atoms with Gasteiger partial charge in [0.2, 0.25) is 11.8 Å². The Labute approximate surface area is 153 Å². The summed E-state index contributed by atoms with van der Waals surface area (Å²) >= 11 is 1.36. The van der Waals surface area contributed by atoms with Gasteiger partial charge in [0.15, 0.2) is 9.84 Å². The molecule has 2 rings (SSSR count). The number of aryl methyl sites for hydroxylation is 2. The van der Waals surface area contributed by atoms with Crippen LogP contribution in [0.2, 0.25) is 0 Å². The number of amides is 2. The number of nitrogens with zero attached hydrogens (tertiary/aromatic N) is 1.